The van der Waals surface area contributed by atoms with E-state index in [-0.39, 0.29) is 11.8 Å². The van der Waals surface area contributed by atoms with Crippen LogP contribution < -0.4 is 5.32 Å². The van der Waals surface area contributed by atoms with Crippen molar-refractivity contribution in [1.82, 2.24) is 15.1 Å². The molecule has 0 aliphatic rings. The van der Waals surface area contributed by atoms with E-state index in [2.05, 4.69) is 24.3 Å². The number of benzene rings is 1. The molecule has 0 radical (unpaired) electrons. The van der Waals surface area contributed by atoms with Crippen LogP contribution in [0, 0.1) is 0 Å². The monoisotopic (exact) mass is 257 g/mol. The van der Waals surface area contributed by atoms with E-state index >= 15 is 0 Å². The van der Waals surface area contributed by atoms with E-state index in [9.17, 15) is 4.79 Å². The summed E-state index contributed by atoms with van der Waals surface area (Å²) in [6, 6.07) is 9.87. The third-order valence-electron chi connectivity index (χ3n) is 2.94. The number of carbonyl (C=O) groups excluding carboxylic acids is 1. The van der Waals surface area contributed by atoms with Crippen LogP contribution >= 0.6 is 0 Å². The van der Waals surface area contributed by atoms with Crippen LogP contribution in [0.4, 0.5) is 0 Å². The Kier molecular flexibility index (Phi) is 4.00. The molecule has 0 aliphatic carbocycles. The number of aromatic nitrogens is 2. The number of amides is 1. The molecule has 1 aromatic heterocycles. The van der Waals surface area contributed by atoms with Crippen molar-refractivity contribution in [2.45, 2.75) is 26.7 Å². The number of hydrogen-bond acceptors (Lipinski definition) is 2. The second kappa shape index (κ2) is 5.69. The standard InChI is InChI=1S/C15H19N3O/c1-4-16-15(19)13-10-17-18(14(13)11(2)3)12-8-6-5-7-9-12/h5-11H,4H2,1-3H3,(H,16,19). The van der Waals surface area contributed by atoms with Crippen LogP contribution in [0.2, 0.25) is 0 Å². The summed E-state index contributed by atoms with van der Waals surface area (Å²) in [5.74, 6) is 0.161. The predicted molar refractivity (Wildman–Crippen MR) is 75.7 cm³/mol. The van der Waals surface area contributed by atoms with Crippen molar-refractivity contribution in [2.24, 2.45) is 0 Å². The number of hydrogen-bond donors (Lipinski definition) is 1. The highest BCUT2D eigenvalue weighted by Crippen LogP contribution is 2.22. The van der Waals surface area contributed by atoms with Gasteiger partial charge in [0.25, 0.3) is 5.91 Å². The quantitative estimate of drug-likeness (QED) is 0.915. The van der Waals surface area contributed by atoms with Gasteiger partial charge in [-0.15, -0.1) is 0 Å². The molecule has 1 N–H and O–H groups in total. The molecule has 1 aromatic carbocycles. The van der Waals surface area contributed by atoms with Crippen LogP contribution in [0.5, 0.6) is 0 Å². The highest BCUT2D eigenvalue weighted by Gasteiger charge is 2.20. The summed E-state index contributed by atoms with van der Waals surface area (Å²) in [5.41, 5.74) is 2.57. The summed E-state index contributed by atoms with van der Waals surface area (Å²) in [5, 5.41) is 7.20. The maximum Gasteiger partial charge on any atom is 0.254 e. The summed E-state index contributed by atoms with van der Waals surface area (Å²) in [7, 11) is 0. The molecule has 2 rings (SSSR count). The molecule has 0 unspecified atom stereocenters. The SMILES string of the molecule is CCNC(=O)c1cnn(-c2ccccc2)c1C(C)C. The van der Waals surface area contributed by atoms with Crippen molar-refractivity contribution in [3.8, 4) is 5.69 Å². The van der Waals surface area contributed by atoms with E-state index in [0.29, 0.717) is 12.1 Å². The molecule has 0 spiro atoms. The molecule has 4 heteroatoms. The predicted octanol–water partition coefficient (Wildman–Crippen LogP) is 2.75. The zero-order valence-corrected chi connectivity index (χ0v) is 11.6. The molecular weight excluding hydrogens is 238 g/mol. The minimum Gasteiger partial charge on any atom is -0.352 e. The Morgan fingerprint density at radius 2 is 2.00 bits per heavy atom. The fourth-order valence-electron chi connectivity index (χ4n) is 2.12. The van der Waals surface area contributed by atoms with E-state index in [1.165, 1.54) is 0 Å². The van der Waals surface area contributed by atoms with Gasteiger partial charge in [0, 0.05) is 6.54 Å². The van der Waals surface area contributed by atoms with Gasteiger partial charge >= 0.3 is 0 Å². The molecule has 0 fully saturated rings. The van der Waals surface area contributed by atoms with E-state index in [4.69, 9.17) is 0 Å². The van der Waals surface area contributed by atoms with Crippen LogP contribution in [0.15, 0.2) is 36.5 Å². The summed E-state index contributed by atoms with van der Waals surface area (Å²) in [6.45, 7) is 6.67. The third-order valence-corrected chi connectivity index (χ3v) is 2.94. The third kappa shape index (κ3) is 2.67. The van der Waals surface area contributed by atoms with Crippen molar-refractivity contribution in [3.63, 3.8) is 0 Å². The fourth-order valence-corrected chi connectivity index (χ4v) is 2.12. The topological polar surface area (TPSA) is 46.9 Å². The molecule has 4 nitrogen and oxygen atoms in total. The Hall–Kier alpha value is -2.10. The van der Waals surface area contributed by atoms with Crippen molar-refractivity contribution in [2.75, 3.05) is 6.54 Å². The first-order chi connectivity index (χ1) is 9.15. The molecule has 0 aliphatic heterocycles. The van der Waals surface area contributed by atoms with Crippen LogP contribution in [0.25, 0.3) is 5.69 Å². The Morgan fingerprint density at radius 3 is 2.58 bits per heavy atom. The molecule has 19 heavy (non-hydrogen) atoms. The van der Waals surface area contributed by atoms with Gasteiger partial charge in [-0.2, -0.15) is 5.10 Å². The molecule has 2 aromatic rings. The first-order valence-electron chi connectivity index (χ1n) is 6.56. The number of para-hydroxylation sites is 1. The van der Waals surface area contributed by atoms with Gasteiger partial charge in [0.2, 0.25) is 0 Å². The van der Waals surface area contributed by atoms with Gasteiger partial charge in [0.05, 0.1) is 23.1 Å². The lowest BCUT2D eigenvalue weighted by atomic mass is 10.1. The van der Waals surface area contributed by atoms with E-state index in [0.717, 1.165) is 11.4 Å². The lowest BCUT2D eigenvalue weighted by Gasteiger charge is -2.12. The first-order valence-corrected chi connectivity index (χ1v) is 6.56. The molecule has 0 atom stereocenters. The van der Waals surface area contributed by atoms with E-state index in [1.807, 2.05) is 41.9 Å². The van der Waals surface area contributed by atoms with Gasteiger partial charge in [0.15, 0.2) is 0 Å². The van der Waals surface area contributed by atoms with Crippen LogP contribution in [-0.2, 0) is 0 Å². The Morgan fingerprint density at radius 1 is 1.32 bits per heavy atom. The Balaban J connectivity index is 2.49. The zero-order chi connectivity index (χ0) is 13.8. The number of nitrogens with zero attached hydrogens (tertiary/aromatic N) is 2. The fraction of sp³-hybridized carbons (Fsp3) is 0.333. The van der Waals surface area contributed by atoms with Crippen molar-refractivity contribution < 1.29 is 4.79 Å². The zero-order valence-electron chi connectivity index (χ0n) is 11.6. The molecule has 0 saturated heterocycles. The maximum atomic E-state index is 12.1. The second-order valence-electron chi connectivity index (χ2n) is 4.70. The van der Waals surface area contributed by atoms with Gasteiger partial charge in [0.1, 0.15) is 0 Å². The van der Waals surface area contributed by atoms with Crippen molar-refractivity contribution >= 4 is 5.91 Å². The minimum atomic E-state index is -0.0617. The molecule has 1 amide bonds. The Labute approximate surface area is 113 Å². The van der Waals surface area contributed by atoms with Gasteiger partial charge in [-0.1, -0.05) is 32.0 Å². The van der Waals surface area contributed by atoms with Crippen molar-refractivity contribution in [3.05, 3.63) is 47.8 Å². The van der Waals surface area contributed by atoms with Crippen LogP contribution in [0.1, 0.15) is 42.7 Å². The molecule has 0 bridgehead atoms. The van der Waals surface area contributed by atoms with E-state index in [1.54, 1.807) is 6.20 Å². The highest BCUT2D eigenvalue weighted by molar-refractivity contribution is 5.95. The van der Waals surface area contributed by atoms with Gasteiger partial charge < -0.3 is 5.32 Å². The summed E-state index contributed by atoms with van der Waals surface area (Å²) in [4.78, 5) is 12.1. The lowest BCUT2D eigenvalue weighted by molar-refractivity contribution is 0.0954. The first kappa shape index (κ1) is 13.3. The minimum absolute atomic E-state index is 0.0617. The summed E-state index contributed by atoms with van der Waals surface area (Å²) < 4.78 is 1.84. The maximum absolute atomic E-state index is 12.1. The summed E-state index contributed by atoms with van der Waals surface area (Å²) in [6.07, 6.45) is 1.65. The van der Waals surface area contributed by atoms with Gasteiger partial charge in [-0.3, -0.25) is 4.79 Å². The van der Waals surface area contributed by atoms with Gasteiger partial charge in [-0.25, -0.2) is 4.68 Å². The molecule has 1 heterocycles. The Bertz CT molecular complexity index is 558. The molecular formula is C15H19N3O. The van der Waals surface area contributed by atoms with E-state index < -0.39 is 0 Å². The largest absolute Gasteiger partial charge is 0.352 e. The second-order valence-corrected chi connectivity index (χ2v) is 4.70. The van der Waals surface area contributed by atoms with Crippen LogP contribution in [0.3, 0.4) is 0 Å². The number of carbonyl (C=O) groups is 1. The number of rotatable bonds is 4. The average molecular weight is 257 g/mol. The number of nitrogens with one attached hydrogen (secondary N) is 1. The average Bonchev–Trinajstić information content (AvgIpc) is 2.85. The van der Waals surface area contributed by atoms with Gasteiger partial charge in [-0.05, 0) is 25.0 Å². The smallest absolute Gasteiger partial charge is 0.254 e. The van der Waals surface area contributed by atoms with Crippen LogP contribution in [-0.4, -0.2) is 22.2 Å². The molecule has 100 valence electrons. The molecule has 0 saturated carbocycles. The lowest BCUT2D eigenvalue weighted by Crippen LogP contribution is -2.24. The normalized spacial score (nSPS) is 10.7. The highest BCUT2D eigenvalue weighted by atomic mass is 16.1. The van der Waals surface area contributed by atoms with Crippen molar-refractivity contribution in [1.29, 1.82) is 0 Å². The summed E-state index contributed by atoms with van der Waals surface area (Å²) >= 11 is 0.